The lowest BCUT2D eigenvalue weighted by molar-refractivity contribution is 0.0186. The molecule has 7 nitrogen and oxygen atoms in total. The van der Waals surface area contributed by atoms with Crippen LogP contribution in [0.15, 0.2) is 30.6 Å². The summed E-state index contributed by atoms with van der Waals surface area (Å²) in [5, 5.41) is 0. The van der Waals surface area contributed by atoms with Crippen LogP contribution < -0.4 is 10.5 Å². The Hall–Kier alpha value is -2.90. The highest BCUT2D eigenvalue weighted by molar-refractivity contribution is 5.69. The predicted molar refractivity (Wildman–Crippen MR) is 119 cm³/mol. The third kappa shape index (κ3) is 5.11. The minimum atomic E-state index is -0.548. The molecule has 1 aliphatic carbocycles. The molecule has 2 N–H and O–H groups in total. The van der Waals surface area contributed by atoms with Gasteiger partial charge in [0.05, 0.1) is 24.1 Å². The highest BCUT2D eigenvalue weighted by Crippen LogP contribution is 2.47. The molecular weight excluding hydrogens is 411 g/mol. The van der Waals surface area contributed by atoms with Crippen LogP contribution in [-0.2, 0) is 4.74 Å². The van der Waals surface area contributed by atoms with Gasteiger partial charge in [-0.15, -0.1) is 0 Å². The summed E-state index contributed by atoms with van der Waals surface area (Å²) in [5.74, 6) is 0.868. The number of carbonyl (C=O) groups is 1. The van der Waals surface area contributed by atoms with E-state index in [2.05, 4.69) is 9.97 Å². The average molecular weight is 443 g/mol. The number of nitrogen functional groups attached to an aromatic ring is 1. The lowest BCUT2D eigenvalue weighted by Gasteiger charge is -2.35. The van der Waals surface area contributed by atoms with Crippen molar-refractivity contribution in [2.24, 2.45) is 0 Å². The number of ether oxygens (including phenoxy) is 2. The molecule has 2 heterocycles. The van der Waals surface area contributed by atoms with Gasteiger partial charge in [-0.25, -0.2) is 14.2 Å². The fourth-order valence-electron chi connectivity index (χ4n) is 4.33. The highest BCUT2D eigenvalue weighted by atomic mass is 19.1. The first kappa shape index (κ1) is 22.3. The van der Waals surface area contributed by atoms with Crippen molar-refractivity contribution < 1.29 is 18.7 Å². The van der Waals surface area contributed by atoms with Crippen LogP contribution in [0, 0.1) is 5.82 Å². The Kier molecular flexibility index (Phi) is 6.22. The number of hydrogen-bond donors (Lipinski definition) is 1. The SMILES string of the molecule is CC(C)(C)OC(=O)N1CCCC1COc1ccc(C2CC(c3cnc(N)cn3)C2)cc1F. The van der Waals surface area contributed by atoms with E-state index in [9.17, 15) is 9.18 Å². The second-order valence-electron chi connectivity index (χ2n) is 9.70. The number of anilines is 1. The Balaban J connectivity index is 1.31. The van der Waals surface area contributed by atoms with E-state index < -0.39 is 5.60 Å². The van der Waals surface area contributed by atoms with E-state index >= 15 is 0 Å². The van der Waals surface area contributed by atoms with Crippen LogP contribution in [0.1, 0.15) is 69.5 Å². The summed E-state index contributed by atoms with van der Waals surface area (Å²) in [6, 6.07) is 5.06. The van der Waals surface area contributed by atoms with Crippen LogP contribution >= 0.6 is 0 Å². The van der Waals surface area contributed by atoms with Crippen LogP contribution in [0.3, 0.4) is 0 Å². The van der Waals surface area contributed by atoms with Gasteiger partial charge in [0, 0.05) is 12.5 Å². The lowest BCUT2D eigenvalue weighted by atomic mass is 9.70. The maximum atomic E-state index is 14.7. The van der Waals surface area contributed by atoms with Gasteiger partial charge in [0.15, 0.2) is 11.6 Å². The number of rotatable bonds is 5. The number of nitrogens with zero attached hydrogens (tertiary/aromatic N) is 3. The number of amides is 1. The molecule has 2 fully saturated rings. The second-order valence-corrected chi connectivity index (χ2v) is 9.70. The van der Waals surface area contributed by atoms with Gasteiger partial charge in [-0.1, -0.05) is 6.07 Å². The van der Waals surface area contributed by atoms with Crippen molar-refractivity contribution >= 4 is 11.9 Å². The van der Waals surface area contributed by atoms with Crippen molar-refractivity contribution in [3.63, 3.8) is 0 Å². The Morgan fingerprint density at radius 3 is 2.66 bits per heavy atom. The van der Waals surface area contributed by atoms with E-state index in [1.165, 1.54) is 0 Å². The molecule has 1 unspecified atom stereocenters. The number of benzene rings is 1. The molecule has 1 aliphatic heterocycles. The average Bonchev–Trinajstić information content (AvgIpc) is 3.15. The van der Waals surface area contributed by atoms with Gasteiger partial charge >= 0.3 is 6.09 Å². The maximum Gasteiger partial charge on any atom is 0.410 e. The van der Waals surface area contributed by atoms with Crippen molar-refractivity contribution in [1.82, 2.24) is 14.9 Å². The van der Waals surface area contributed by atoms with E-state index in [-0.39, 0.29) is 30.3 Å². The van der Waals surface area contributed by atoms with Crippen molar-refractivity contribution in [3.8, 4) is 5.75 Å². The fourth-order valence-corrected chi connectivity index (χ4v) is 4.33. The molecule has 1 aromatic heterocycles. The minimum absolute atomic E-state index is 0.114. The standard InChI is InChI=1S/C24H31FN4O3/c1-24(2,3)32-23(30)29-8-4-5-18(29)14-31-21-7-6-15(11-19(21)25)16-9-17(10-16)20-12-28-22(26)13-27-20/h6-7,11-13,16-18H,4-5,8-10,14H2,1-3H3,(H2,26,28). The van der Waals surface area contributed by atoms with Gasteiger partial charge in [-0.3, -0.25) is 4.98 Å². The highest BCUT2D eigenvalue weighted by Gasteiger charge is 2.34. The van der Waals surface area contributed by atoms with E-state index in [1.54, 1.807) is 29.4 Å². The smallest absolute Gasteiger partial charge is 0.410 e. The summed E-state index contributed by atoms with van der Waals surface area (Å²) in [6.45, 7) is 6.41. The summed E-state index contributed by atoms with van der Waals surface area (Å²) in [4.78, 5) is 22.5. The van der Waals surface area contributed by atoms with E-state index in [0.717, 1.165) is 36.9 Å². The topological polar surface area (TPSA) is 90.6 Å². The molecule has 2 aliphatic rings. The Morgan fingerprint density at radius 2 is 2.00 bits per heavy atom. The second kappa shape index (κ2) is 8.92. The van der Waals surface area contributed by atoms with Gasteiger partial charge in [0.2, 0.25) is 0 Å². The van der Waals surface area contributed by atoms with Crippen molar-refractivity contribution in [2.75, 3.05) is 18.9 Å². The molecule has 0 spiro atoms. The zero-order chi connectivity index (χ0) is 22.9. The van der Waals surface area contributed by atoms with Gasteiger partial charge < -0.3 is 20.1 Å². The van der Waals surface area contributed by atoms with Crippen LogP contribution in [0.2, 0.25) is 0 Å². The van der Waals surface area contributed by atoms with E-state index in [0.29, 0.717) is 24.2 Å². The molecule has 8 heteroatoms. The Labute approximate surface area is 188 Å². The number of nitrogens with two attached hydrogens (primary N) is 1. The quantitative estimate of drug-likeness (QED) is 0.726. The predicted octanol–water partition coefficient (Wildman–Crippen LogP) is 4.64. The summed E-state index contributed by atoms with van der Waals surface area (Å²) in [6.07, 6.45) is 6.47. The third-order valence-electron chi connectivity index (χ3n) is 6.11. The number of likely N-dealkylation sites (tertiary alicyclic amines) is 1. The van der Waals surface area contributed by atoms with Crippen LogP contribution in [0.25, 0.3) is 0 Å². The molecule has 1 saturated heterocycles. The number of aromatic nitrogens is 2. The number of carbonyl (C=O) groups excluding carboxylic acids is 1. The fraction of sp³-hybridized carbons (Fsp3) is 0.542. The van der Waals surface area contributed by atoms with Crippen molar-refractivity contribution in [3.05, 3.63) is 47.7 Å². The molecule has 1 atom stereocenters. The molecular formula is C24H31FN4O3. The van der Waals surface area contributed by atoms with Gasteiger partial charge in [0.25, 0.3) is 0 Å². The number of hydrogen-bond acceptors (Lipinski definition) is 6. The molecule has 1 saturated carbocycles. The molecule has 0 radical (unpaired) electrons. The lowest BCUT2D eigenvalue weighted by Crippen LogP contribution is -2.42. The monoisotopic (exact) mass is 442 g/mol. The largest absolute Gasteiger partial charge is 0.488 e. The first-order valence-corrected chi connectivity index (χ1v) is 11.2. The summed E-state index contributed by atoms with van der Waals surface area (Å²) in [5.41, 5.74) is 6.94. The molecule has 4 rings (SSSR count). The first-order valence-electron chi connectivity index (χ1n) is 11.2. The zero-order valence-corrected chi connectivity index (χ0v) is 18.9. The molecule has 32 heavy (non-hydrogen) atoms. The molecule has 0 bridgehead atoms. The van der Waals surface area contributed by atoms with Crippen LogP contribution in [0.4, 0.5) is 15.0 Å². The van der Waals surface area contributed by atoms with E-state index in [1.807, 2.05) is 26.8 Å². The minimum Gasteiger partial charge on any atom is -0.488 e. The van der Waals surface area contributed by atoms with Crippen molar-refractivity contribution in [2.45, 2.75) is 69.9 Å². The number of halogens is 1. The molecule has 1 aromatic carbocycles. The zero-order valence-electron chi connectivity index (χ0n) is 18.9. The van der Waals surface area contributed by atoms with Crippen LogP contribution in [0.5, 0.6) is 5.75 Å². The van der Waals surface area contributed by atoms with Crippen LogP contribution in [-0.4, -0.2) is 45.8 Å². The summed E-state index contributed by atoms with van der Waals surface area (Å²) in [7, 11) is 0. The van der Waals surface area contributed by atoms with E-state index in [4.69, 9.17) is 15.2 Å². The normalized spacial score (nSPS) is 23.0. The summed E-state index contributed by atoms with van der Waals surface area (Å²) >= 11 is 0. The van der Waals surface area contributed by atoms with Gasteiger partial charge in [-0.2, -0.15) is 0 Å². The molecule has 2 aromatic rings. The van der Waals surface area contributed by atoms with Gasteiger partial charge in [-0.05, 0) is 70.1 Å². The molecule has 172 valence electrons. The Morgan fingerprint density at radius 1 is 1.22 bits per heavy atom. The summed E-state index contributed by atoms with van der Waals surface area (Å²) < 4.78 is 26.0. The molecule has 1 amide bonds. The van der Waals surface area contributed by atoms with Gasteiger partial charge in [0.1, 0.15) is 18.0 Å². The third-order valence-corrected chi connectivity index (χ3v) is 6.11. The van der Waals surface area contributed by atoms with Crippen molar-refractivity contribution in [1.29, 1.82) is 0 Å². The maximum absolute atomic E-state index is 14.7. The Bertz CT molecular complexity index is 955. The first-order chi connectivity index (χ1) is 15.2.